The highest BCUT2D eigenvalue weighted by Crippen LogP contribution is 2.25. The molecule has 0 spiro atoms. The predicted octanol–water partition coefficient (Wildman–Crippen LogP) is 2.03. The molecular formula is C12H17NO3. The van der Waals surface area contributed by atoms with Crippen LogP contribution in [0, 0.1) is 0 Å². The van der Waals surface area contributed by atoms with Crippen LogP contribution in [0.4, 0.5) is 0 Å². The van der Waals surface area contributed by atoms with E-state index in [9.17, 15) is 9.90 Å². The number of carbonyl (C=O) groups excluding carboxylic acids is 1. The van der Waals surface area contributed by atoms with Crippen LogP contribution in [0.25, 0.3) is 0 Å². The van der Waals surface area contributed by atoms with Crippen molar-refractivity contribution in [2.75, 3.05) is 0 Å². The summed E-state index contributed by atoms with van der Waals surface area (Å²) in [5.74, 6) is 0.389. The molecule has 1 atom stereocenters. The summed E-state index contributed by atoms with van der Waals surface area (Å²) in [6, 6.07) is 6.69. The molecule has 0 aliphatic rings. The van der Waals surface area contributed by atoms with E-state index in [1.165, 1.54) is 0 Å². The fraction of sp³-hybridized carbons (Fsp3) is 0.417. The Bertz CT molecular complexity index is 352. The smallest absolute Gasteiger partial charge is 0.222 e. The van der Waals surface area contributed by atoms with Gasteiger partial charge in [0, 0.05) is 12.8 Å². The molecule has 0 bridgehead atoms. The third-order valence-electron chi connectivity index (χ3n) is 2.15. The monoisotopic (exact) mass is 223 g/mol. The molecule has 88 valence electrons. The molecule has 0 heterocycles. The number of phenolic OH excluding ortho intramolecular Hbond substituents is 1. The minimum Gasteiger partial charge on any atom is -0.504 e. The first kappa shape index (κ1) is 12.4. The van der Waals surface area contributed by atoms with Crippen molar-refractivity contribution in [3.05, 3.63) is 24.3 Å². The summed E-state index contributed by atoms with van der Waals surface area (Å²) >= 11 is 0. The van der Waals surface area contributed by atoms with E-state index in [2.05, 4.69) is 5.32 Å². The molecule has 4 heteroatoms. The largest absolute Gasteiger partial charge is 0.504 e. The Hall–Kier alpha value is -1.71. The van der Waals surface area contributed by atoms with Gasteiger partial charge in [0.25, 0.3) is 0 Å². The quantitative estimate of drug-likeness (QED) is 0.751. The van der Waals surface area contributed by atoms with Crippen molar-refractivity contribution >= 4 is 5.91 Å². The van der Waals surface area contributed by atoms with Crippen molar-refractivity contribution in [2.45, 2.75) is 32.9 Å². The molecule has 16 heavy (non-hydrogen) atoms. The van der Waals surface area contributed by atoms with Gasteiger partial charge in [0.15, 0.2) is 17.7 Å². The zero-order chi connectivity index (χ0) is 12.0. The van der Waals surface area contributed by atoms with Crippen LogP contribution < -0.4 is 10.1 Å². The van der Waals surface area contributed by atoms with Crippen LogP contribution >= 0.6 is 0 Å². The molecule has 4 nitrogen and oxygen atoms in total. The van der Waals surface area contributed by atoms with Gasteiger partial charge in [-0.25, -0.2) is 0 Å². The highest BCUT2D eigenvalue weighted by molar-refractivity contribution is 5.75. The number of amides is 1. The first-order valence-corrected chi connectivity index (χ1v) is 5.41. The molecule has 1 aromatic rings. The summed E-state index contributed by atoms with van der Waals surface area (Å²) in [7, 11) is 0. The van der Waals surface area contributed by atoms with E-state index in [4.69, 9.17) is 4.74 Å². The molecule has 0 aliphatic heterocycles. The Morgan fingerprint density at radius 2 is 2.12 bits per heavy atom. The normalized spacial score (nSPS) is 11.9. The summed E-state index contributed by atoms with van der Waals surface area (Å²) in [5, 5.41) is 12.2. The highest BCUT2D eigenvalue weighted by Gasteiger charge is 2.12. The highest BCUT2D eigenvalue weighted by atomic mass is 16.5. The van der Waals surface area contributed by atoms with Crippen LogP contribution in [0.15, 0.2) is 24.3 Å². The molecule has 1 unspecified atom stereocenters. The Labute approximate surface area is 95.2 Å². The van der Waals surface area contributed by atoms with E-state index < -0.39 is 6.23 Å². The molecule has 2 N–H and O–H groups in total. The lowest BCUT2D eigenvalue weighted by atomic mass is 10.3. The lowest BCUT2D eigenvalue weighted by molar-refractivity contribution is -0.123. The van der Waals surface area contributed by atoms with Gasteiger partial charge in [-0.2, -0.15) is 0 Å². The number of nitrogens with one attached hydrogen (secondary N) is 1. The number of hydrogen-bond donors (Lipinski definition) is 2. The number of ether oxygens (including phenoxy) is 1. The molecule has 0 saturated carbocycles. The molecule has 1 rings (SSSR count). The Morgan fingerprint density at radius 1 is 1.44 bits per heavy atom. The second-order valence-corrected chi connectivity index (χ2v) is 3.40. The second kappa shape index (κ2) is 6.00. The standard InChI is InChI=1S/C12H17NO3/c1-3-11(15)13-12(4-2)16-10-8-6-5-7-9(10)14/h5-8,12,14H,3-4H2,1-2H3,(H,13,15). The van der Waals surface area contributed by atoms with E-state index >= 15 is 0 Å². The van der Waals surface area contributed by atoms with Gasteiger partial charge in [-0.05, 0) is 12.1 Å². The number of rotatable bonds is 5. The molecule has 1 aromatic carbocycles. The first-order chi connectivity index (χ1) is 7.67. The van der Waals surface area contributed by atoms with Gasteiger partial charge in [0.05, 0.1) is 0 Å². The third-order valence-corrected chi connectivity index (χ3v) is 2.15. The fourth-order valence-electron chi connectivity index (χ4n) is 1.21. The number of para-hydroxylation sites is 2. The third kappa shape index (κ3) is 3.46. The summed E-state index contributed by atoms with van der Waals surface area (Å²) < 4.78 is 5.48. The van der Waals surface area contributed by atoms with Crippen molar-refractivity contribution in [1.82, 2.24) is 5.32 Å². The number of hydrogen-bond acceptors (Lipinski definition) is 3. The van der Waals surface area contributed by atoms with Crippen molar-refractivity contribution < 1.29 is 14.6 Å². The predicted molar refractivity (Wildman–Crippen MR) is 61.2 cm³/mol. The zero-order valence-corrected chi connectivity index (χ0v) is 9.56. The summed E-state index contributed by atoms with van der Waals surface area (Å²) in [5.41, 5.74) is 0. The Balaban J connectivity index is 2.63. The summed E-state index contributed by atoms with van der Waals surface area (Å²) in [4.78, 5) is 11.2. The zero-order valence-electron chi connectivity index (χ0n) is 9.56. The Kier molecular flexibility index (Phi) is 4.64. The van der Waals surface area contributed by atoms with Crippen molar-refractivity contribution in [2.24, 2.45) is 0 Å². The van der Waals surface area contributed by atoms with Gasteiger partial charge < -0.3 is 15.2 Å². The van der Waals surface area contributed by atoms with Crippen LogP contribution in [-0.4, -0.2) is 17.2 Å². The minimum atomic E-state index is -0.402. The summed E-state index contributed by atoms with van der Waals surface area (Å²) in [6.07, 6.45) is 0.654. The lowest BCUT2D eigenvalue weighted by Crippen LogP contribution is -2.38. The number of carbonyl (C=O) groups is 1. The molecule has 0 aromatic heterocycles. The second-order valence-electron chi connectivity index (χ2n) is 3.40. The fourth-order valence-corrected chi connectivity index (χ4v) is 1.21. The number of benzene rings is 1. The van der Waals surface area contributed by atoms with E-state index in [0.29, 0.717) is 18.6 Å². The maximum absolute atomic E-state index is 11.2. The van der Waals surface area contributed by atoms with Gasteiger partial charge in [-0.15, -0.1) is 0 Å². The topological polar surface area (TPSA) is 58.6 Å². The molecule has 0 radical (unpaired) electrons. The van der Waals surface area contributed by atoms with Gasteiger partial charge in [-0.1, -0.05) is 26.0 Å². The SMILES string of the molecule is CCC(=O)NC(CC)Oc1ccccc1O. The molecule has 0 fully saturated rings. The molecule has 1 amide bonds. The van der Waals surface area contributed by atoms with E-state index in [0.717, 1.165) is 0 Å². The molecule has 0 aliphatic carbocycles. The van der Waals surface area contributed by atoms with E-state index in [1.807, 2.05) is 6.92 Å². The van der Waals surface area contributed by atoms with Gasteiger partial charge in [0.1, 0.15) is 0 Å². The van der Waals surface area contributed by atoms with Crippen LogP contribution in [-0.2, 0) is 4.79 Å². The van der Waals surface area contributed by atoms with Gasteiger partial charge in [0.2, 0.25) is 5.91 Å². The van der Waals surface area contributed by atoms with Crippen LogP contribution in [0.5, 0.6) is 11.5 Å². The number of aromatic hydroxyl groups is 1. The minimum absolute atomic E-state index is 0.0673. The average Bonchev–Trinajstić information content (AvgIpc) is 2.30. The first-order valence-electron chi connectivity index (χ1n) is 5.41. The van der Waals surface area contributed by atoms with Crippen molar-refractivity contribution in [3.8, 4) is 11.5 Å². The number of phenols is 1. The molecular weight excluding hydrogens is 206 g/mol. The maximum atomic E-state index is 11.2. The average molecular weight is 223 g/mol. The Morgan fingerprint density at radius 3 is 2.69 bits per heavy atom. The van der Waals surface area contributed by atoms with E-state index in [1.54, 1.807) is 31.2 Å². The van der Waals surface area contributed by atoms with Crippen LogP contribution in [0.3, 0.4) is 0 Å². The van der Waals surface area contributed by atoms with Gasteiger partial charge in [-0.3, -0.25) is 4.79 Å². The molecule has 0 saturated heterocycles. The van der Waals surface area contributed by atoms with Crippen LogP contribution in [0.1, 0.15) is 26.7 Å². The van der Waals surface area contributed by atoms with Crippen LogP contribution in [0.2, 0.25) is 0 Å². The van der Waals surface area contributed by atoms with Crippen molar-refractivity contribution in [1.29, 1.82) is 0 Å². The maximum Gasteiger partial charge on any atom is 0.222 e. The van der Waals surface area contributed by atoms with Gasteiger partial charge >= 0.3 is 0 Å². The lowest BCUT2D eigenvalue weighted by Gasteiger charge is -2.19. The summed E-state index contributed by atoms with van der Waals surface area (Å²) in [6.45, 7) is 3.68. The van der Waals surface area contributed by atoms with E-state index in [-0.39, 0.29) is 11.7 Å². The van der Waals surface area contributed by atoms with Crippen molar-refractivity contribution in [3.63, 3.8) is 0 Å².